The van der Waals surface area contributed by atoms with Crippen LogP contribution in [0, 0.1) is 6.92 Å². The Labute approximate surface area is 113 Å². The quantitative estimate of drug-likeness (QED) is 0.879. The van der Waals surface area contributed by atoms with Crippen molar-refractivity contribution in [3.63, 3.8) is 0 Å². The van der Waals surface area contributed by atoms with E-state index < -0.39 is 0 Å². The van der Waals surface area contributed by atoms with Crippen LogP contribution in [-0.2, 0) is 4.79 Å². The molecule has 1 aliphatic heterocycles. The third-order valence-electron chi connectivity index (χ3n) is 3.42. The summed E-state index contributed by atoms with van der Waals surface area (Å²) in [5.74, 6) is 0.0640. The zero-order valence-corrected chi connectivity index (χ0v) is 11.4. The second kappa shape index (κ2) is 6.21. The van der Waals surface area contributed by atoms with E-state index in [4.69, 9.17) is 11.6 Å². The predicted octanol–water partition coefficient (Wildman–Crippen LogP) is 3.12. The minimum Gasteiger partial charge on any atom is -0.326 e. The van der Waals surface area contributed by atoms with E-state index in [2.05, 4.69) is 10.6 Å². The highest BCUT2D eigenvalue weighted by Gasteiger charge is 2.15. The van der Waals surface area contributed by atoms with Crippen LogP contribution in [0.1, 0.15) is 31.2 Å². The molecule has 1 heterocycles. The van der Waals surface area contributed by atoms with Gasteiger partial charge in [0.15, 0.2) is 0 Å². The van der Waals surface area contributed by atoms with Gasteiger partial charge in [-0.15, -0.1) is 0 Å². The molecule has 0 bridgehead atoms. The number of rotatable bonds is 4. The van der Waals surface area contributed by atoms with Crippen LogP contribution >= 0.6 is 11.6 Å². The molecule has 0 saturated carbocycles. The minimum atomic E-state index is 0.0640. The molecular formula is C14H19ClN2O. The highest BCUT2D eigenvalue weighted by molar-refractivity contribution is 6.31. The van der Waals surface area contributed by atoms with E-state index in [1.165, 1.54) is 12.8 Å². The van der Waals surface area contributed by atoms with Gasteiger partial charge in [0.25, 0.3) is 0 Å². The van der Waals surface area contributed by atoms with Gasteiger partial charge in [0.05, 0.1) is 0 Å². The number of nitrogens with one attached hydrogen (secondary N) is 2. The van der Waals surface area contributed by atoms with Crippen molar-refractivity contribution >= 4 is 23.2 Å². The van der Waals surface area contributed by atoms with Crippen molar-refractivity contribution in [2.75, 3.05) is 11.9 Å². The first-order chi connectivity index (χ1) is 8.66. The summed E-state index contributed by atoms with van der Waals surface area (Å²) in [6, 6.07) is 6.07. The number of anilines is 1. The Morgan fingerprint density at radius 2 is 2.39 bits per heavy atom. The monoisotopic (exact) mass is 266 g/mol. The summed E-state index contributed by atoms with van der Waals surface area (Å²) in [5, 5.41) is 7.00. The van der Waals surface area contributed by atoms with Crippen LogP contribution in [0.15, 0.2) is 18.2 Å². The maximum absolute atomic E-state index is 11.9. The molecule has 4 heteroatoms. The summed E-state index contributed by atoms with van der Waals surface area (Å²) < 4.78 is 0. The molecule has 0 aliphatic carbocycles. The van der Waals surface area contributed by atoms with Gasteiger partial charge < -0.3 is 10.6 Å². The molecule has 1 aromatic rings. The Bertz CT molecular complexity index is 428. The van der Waals surface area contributed by atoms with E-state index in [1.54, 1.807) is 0 Å². The van der Waals surface area contributed by atoms with Gasteiger partial charge >= 0.3 is 0 Å². The normalized spacial score (nSPS) is 18.9. The zero-order chi connectivity index (χ0) is 13.0. The van der Waals surface area contributed by atoms with Gasteiger partial charge in [-0.25, -0.2) is 0 Å². The average molecular weight is 267 g/mol. The predicted molar refractivity (Wildman–Crippen MR) is 75.1 cm³/mol. The van der Waals surface area contributed by atoms with Crippen LogP contribution in [-0.4, -0.2) is 18.5 Å². The number of halogens is 1. The van der Waals surface area contributed by atoms with Gasteiger partial charge in [0.2, 0.25) is 5.91 Å². The summed E-state index contributed by atoms with van der Waals surface area (Å²) >= 11 is 6.02. The number of amides is 1. The highest BCUT2D eigenvalue weighted by Crippen LogP contribution is 2.23. The van der Waals surface area contributed by atoms with E-state index >= 15 is 0 Å². The van der Waals surface area contributed by atoms with Crippen LogP contribution in [0.2, 0.25) is 5.02 Å². The van der Waals surface area contributed by atoms with E-state index in [0.29, 0.717) is 17.5 Å². The maximum atomic E-state index is 11.9. The number of benzene rings is 1. The van der Waals surface area contributed by atoms with Gasteiger partial charge in [0, 0.05) is 23.2 Å². The lowest BCUT2D eigenvalue weighted by molar-refractivity contribution is -0.116. The summed E-state index contributed by atoms with van der Waals surface area (Å²) in [6.07, 6.45) is 3.87. The highest BCUT2D eigenvalue weighted by atomic mass is 35.5. The molecule has 1 aliphatic rings. The number of hydrogen-bond donors (Lipinski definition) is 2. The Kier molecular flexibility index (Phi) is 4.61. The van der Waals surface area contributed by atoms with Crippen LogP contribution in [0.5, 0.6) is 0 Å². The second-order valence-corrected chi connectivity index (χ2v) is 5.20. The van der Waals surface area contributed by atoms with Crippen molar-refractivity contribution in [1.29, 1.82) is 0 Å². The molecule has 18 heavy (non-hydrogen) atoms. The summed E-state index contributed by atoms with van der Waals surface area (Å²) in [5.41, 5.74) is 1.73. The fraction of sp³-hybridized carbons (Fsp3) is 0.500. The van der Waals surface area contributed by atoms with Gasteiger partial charge in [-0.1, -0.05) is 17.7 Å². The minimum absolute atomic E-state index is 0.0640. The first kappa shape index (κ1) is 13.4. The number of carbonyl (C=O) groups excluding carboxylic acids is 1. The smallest absolute Gasteiger partial charge is 0.224 e. The van der Waals surface area contributed by atoms with Crippen molar-refractivity contribution in [2.45, 2.75) is 38.6 Å². The molecule has 1 amide bonds. The molecule has 0 spiro atoms. The number of hydrogen-bond acceptors (Lipinski definition) is 2. The van der Waals surface area contributed by atoms with Gasteiger partial charge in [-0.3, -0.25) is 4.79 Å². The molecule has 1 fully saturated rings. The summed E-state index contributed by atoms with van der Waals surface area (Å²) in [4.78, 5) is 11.9. The molecular weight excluding hydrogens is 248 g/mol. The molecule has 2 N–H and O–H groups in total. The van der Waals surface area contributed by atoms with Gasteiger partial charge in [-0.2, -0.15) is 0 Å². The third-order valence-corrected chi connectivity index (χ3v) is 3.83. The van der Waals surface area contributed by atoms with E-state index in [9.17, 15) is 4.79 Å². The summed E-state index contributed by atoms with van der Waals surface area (Å²) in [6.45, 7) is 3.00. The molecule has 0 aromatic heterocycles. The first-order valence-electron chi connectivity index (χ1n) is 6.45. The fourth-order valence-corrected chi connectivity index (χ4v) is 2.44. The van der Waals surface area contributed by atoms with Crippen molar-refractivity contribution in [1.82, 2.24) is 5.32 Å². The van der Waals surface area contributed by atoms with E-state index in [0.717, 1.165) is 24.2 Å². The topological polar surface area (TPSA) is 41.1 Å². The second-order valence-electron chi connectivity index (χ2n) is 4.79. The zero-order valence-electron chi connectivity index (χ0n) is 10.6. The first-order valence-corrected chi connectivity index (χ1v) is 6.83. The van der Waals surface area contributed by atoms with Crippen molar-refractivity contribution in [3.8, 4) is 0 Å². The van der Waals surface area contributed by atoms with Crippen molar-refractivity contribution in [2.24, 2.45) is 0 Å². The molecule has 1 atom stereocenters. The lowest BCUT2D eigenvalue weighted by Gasteiger charge is -2.12. The molecule has 98 valence electrons. The Morgan fingerprint density at radius 3 is 3.11 bits per heavy atom. The van der Waals surface area contributed by atoms with Gasteiger partial charge in [-0.05, 0) is 50.4 Å². The summed E-state index contributed by atoms with van der Waals surface area (Å²) in [7, 11) is 0. The lowest BCUT2D eigenvalue weighted by Crippen LogP contribution is -2.23. The lowest BCUT2D eigenvalue weighted by atomic mass is 10.1. The van der Waals surface area contributed by atoms with Crippen LogP contribution in [0.25, 0.3) is 0 Å². The Balaban J connectivity index is 1.84. The molecule has 1 saturated heterocycles. The molecule has 0 radical (unpaired) electrons. The van der Waals surface area contributed by atoms with Crippen LogP contribution < -0.4 is 10.6 Å². The SMILES string of the molecule is Cc1c(Cl)cccc1NC(=O)CCC1CCCN1. The Morgan fingerprint density at radius 1 is 1.56 bits per heavy atom. The number of carbonyl (C=O) groups is 1. The largest absolute Gasteiger partial charge is 0.326 e. The Hall–Kier alpha value is -1.06. The van der Waals surface area contributed by atoms with Crippen molar-refractivity contribution < 1.29 is 4.79 Å². The van der Waals surface area contributed by atoms with Crippen LogP contribution in [0.4, 0.5) is 5.69 Å². The fourth-order valence-electron chi connectivity index (χ4n) is 2.26. The van der Waals surface area contributed by atoms with E-state index in [-0.39, 0.29) is 5.91 Å². The van der Waals surface area contributed by atoms with Crippen LogP contribution in [0.3, 0.4) is 0 Å². The standard InChI is InChI=1S/C14H19ClN2O/c1-10-12(15)5-2-6-13(10)17-14(18)8-7-11-4-3-9-16-11/h2,5-6,11,16H,3-4,7-9H2,1H3,(H,17,18). The maximum Gasteiger partial charge on any atom is 0.224 e. The molecule has 2 rings (SSSR count). The van der Waals surface area contributed by atoms with E-state index in [1.807, 2.05) is 25.1 Å². The molecule has 3 nitrogen and oxygen atoms in total. The van der Waals surface area contributed by atoms with Crippen molar-refractivity contribution in [3.05, 3.63) is 28.8 Å². The molecule has 1 unspecified atom stereocenters. The average Bonchev–Trinajstić information content (AvgIpc) is 2.86. The third kappa shape index (κ3) is 3.47. The molecule has 1 aromatic carbocycles. The van der Waals surface area contributed by atoms with Gasteiger partial charge in [0.1, 0.15) is 0 Å².